The normalized spacial score (nSPS) is 17.2. The molecule has 2 rings (SSSR count). The number of carbonyl (C=O) groups is 5. The number of hydrogen-bond acceptors (Lipinski definition) is 8. The number of aliphatic imine (C=N–C) groups is 1. The Kier molecular flexibility index (Phi) is 11.5. The molecular weight excluding hydrogens is 502 g/mol. The van der Waals surface area contributed by atoms with Gasteiger partial charge >= 0.3 is 11.9 Å². The Bertz CT molecular complexity index is 1010. The van der Waals surface area contributed by atoms with Gasteiger partial charge in [-0.25, -0.2) is 9.78 Å². The number of aromatic amines is 1. The lowest BCUT2D eigenvalue weighted by molar-refractivity contribution is -0.149. The highest BCUT2D eigenvalue weighted by atomic mass is 16.4. The molecule has 1 aliphatic rings. The quantitative estimate of drug-likeness (QED) is 0.0644. The van der Waals surface area contributed by atoms with Gasteiger partial charge in [-0.1, -0.05) is 0 Å². The Labute approximate surface area is 218 Å². The molecular formula is C22H35N9O7. The Morgan fingerprint density at radius 1 is 1.13 bits per heavy atom. The van der Waals surface area contributed by atoms with Crippen molar-refractivity contribution in [1.82, 2.24) is 25.5 Å². The number of carbonyl (C=O) groups excluding carboxylic acids is 3. The number of carboxylic acid groups (broad SMARTS) is 2. The summed E-state index contributed by atoms with van der Waals surface area (Å²) >= 11 is 0. The van der Waals surface area contributed by atoms with E-state index in [9.17, 15) is 29.1 Å². The van der Waals surface area contributed by atoms with Crippen LogP contribution in [0.3, 0.4) is 0 Å². The Morgan fingerprint density at radius 3 is 2.45 bits per heavy atom. The van der Waals surface area contributed by atoms with Gasteiger partial charge in [0, 0.05) is 37.8 Å². The van der Waals surface area contributed by atoms with Crippen molar-refractivity contribution in [3.05, 3.63) is 18.2 Å². The van der Waals surface area contributed by atoms with Crippen LogP contribution in [0.5, 0.6) is 0 Å². The van der Waals surface area contributed by atoms with Gasteiger partial charge < -0.3 is 47.9 Å². The van der Waals surface area contributed by atoms with Crippen LogP contribution in [0.2, 0.25) is 0 Å². The number of H-pyrrole nitrogens is 1. The predicted octanol–water partition coefficient (Wildman–Crippen LogP) is -2.76. The molecule has 1 fully saturated rings. The van der Waals surface area contributed by atoms with E-state index in [4.69, 9.17) is 22.3 Å². The van der Waals surface area contributed by atoms with Gasteiger partial charge in [0.05, 0.1) is 12.4 Å². The molecule has 210 valence electrons. The van der Waals surface area contributed by atoms with Crippen LogP contribution in [0.1, 0.15) is 44.2 Å². The largest absolute Gasteiger partial charge is 0.481 e. The van der Waals surface area contributed by atoms with Crippen molar-refractivity contribution < 1.29 is 34.2 Å². The molecule has 0 spiro atoms. The first-order valence-corrected chi connectivity index (χ1v) is 12.1. The number of rotatable bonds is 15. The first kappa shape index (κ1) is 30.0. The van der Waals surface area contributed by atoms with Crippen LogP contribution >= 0.6 is 0 Å². The van der Waals surface area contributed by atoms with Crippen LogP contribution in [0.25, 0.3) is 0 Å². The Morgan fingerprint density at radius 2 is 1.84 bits per heavy atom. The standard InChI is InChI=1S/C22H35N9O7/c23-13(9-12-10-26-11-28-12)18(34)29-14(5-6-17(32)33)19(35)30-15(3-1-7-27-22(24)25)20(36)31-8-2-4-16(31)21(37)38/h10-11,13-16H,1-9,23H2,(H,26,28)(H,29,34)(H,30,35)(H,32,33)(H,37,38)(H4,24,25,27). The van der Waals surface area contributed by atoms with E-state index in [0.29, 0.717) is 12.1 Å². The summed E-state index contributed by atoms with van der Waals surface area (Å²) in [6, 6.07) is -4.55. The highest BCUT2D eigenvalue weighted by molar-refractivity contribution is 5.94. The van der Waals surface area contributed by atoms with E-state index in [-0.39, 0.29) is 51.2 Å². The highest BCUT2D eigenvalue weighted by Gasteiger charge is 2.38. The van der Waals surface area contributed by atoms with Gasteiger partial charge in [0.25, 0.3) is 0 Å². The van der Waals surface area contributed by atoms with Gasteiger partial charge in [0.1, 0.15) is 18.1 Å². The molecule has 4 atom stereocenters. The number of amides is 3. The molecule has 11 N–H and O–H groups in total. The molecule has 4 unspecified atom stereocenters. The zero-order valence-electron chi connectivity index (χ0n) is 20.8. The fourth-order valence-electron chi connectivity index (χ4n) is 4.06. The van der Waals surface area contributed by atoms with E-state index in [0.717, 1.165) is 0 Å². The molecule has 1 aromatic heterocycles. The van der Waals surface area contributed by atoms with Crippen molar-refractivity contribution in [2.45, 2.75) is 69.1 Å². The molecule has 0 aromatic carbocycles. The number of nitrogens with zero attached hydrogens (tertiary/aromatic N) is 3. The second-order valence-electron chi connectivity index (χ2n) is 8.92. The second kappa shape index (κ2) is 14.5. The molecule has 16 heteroatoms. The lowest BCUT2D eigenvalue weighted by Crippen LogP contribution is -2.57. The summed E-state index contributed by atoms with van der Waals surface area (Å²) in [6.45, 7) is 0.365. The minimum Gasteiger partial charge on any atom is -0.481 e. The van der Waals surface area contributed by atoms with E-state index >= 15 is 0 Å². The zero-order chi connectivity index (χ0) is 28.2. The molecule has 0 bridgehead atoms. The van der Waals surface area contributed by atoms with Crippen molar-refractivity contribution in [3.63, 3.8) is 0 Å². The number of nitrogens with two attached hydrogens (primary N) is 3. The van der Waals surface area contributed by atoms with Crippen LogP contribution in [-0.4, -0.2) is 98.0 Å². The molecule has 1 aliphatic heterocycles. The summed E-state index contributed by atoms with van der Waals surface area (Å²) in [5, 5.41) is 23.6. The van der Waals surface area contributed by atoms with Crippen LogP contribution in [0.15, 0.2) is 17.5 Å². The first-order chi connectivity index (χ1) is 18.0. The average molecular weight is 538 g/mol. The van der Waals surface area contributed by atoms with Crippen LogP contribution in [-0.2, 0) is 30.4 Å². The highest BCUT2D eigenvalue weighted by Crippen LogP contribution is 2.20. The van der Waals surface area contributed by atoms with Gasteiger partial charge in [0.15, 0.2) is 5.96 Å². The lowest BCUT2D eigenvalue weighted by atomic mass is 10.1. The summed E-state index contributed by atoms with van der Waals surface area (Å²) in [6.07, 6.45) is 3.42. The number of likely N-dealkylation sites (tertiary alicyclic amines) is 1. The van der Waals surface area contributed by atoms with Crippen molar-refractivity contribution in [2.24, 2.45) is 22.2 Å². The van der Waals surface area contributed by atoms with Gasteiger partial charge in [-0.2, -0.15) is 0 Å². The number of hydrogen-bond donors (Lipinski definition) is 8. The molecule has 16 nitrogen and oxygen atoms in total. The van der Waals surface area contributed by atoms with Crippen molar-refractivity contribution in [2.75, 3.05) is 13.1 Å². The molecule has 38 heavy (non-hydrogen) atoms. The monoisotopic (exact) mass is 537 g/mol. The third-order valence-electron chi connectivity index (χ3n) is 5.99. The number of aliphatic carboxylic acids is 2. The van der Waals surface area contributed by atoms with Gasteiger partial charge in [-0.3, -0.25) is 24.2 Å². The maximum Gasteiger partial charge on any atom is 0.326 e. The molecule has 1 aromatic rings. The summed E-state index contributed by atoms with van der Waals surface area (Å²) in [4.78, 5) is 73.6. The van der Waals surface area contributed by atoms with Crippen LogP contribution in [0, 0.1) is 0 Å². The van der Waals surface area contributed by atoms with E-state index in [2.05, 4.69) is 25.6 Å². The first-order valence-electron chi connectivity index (χ1n) is 12.1. The number of nitrogens with one attached hydrogen (secondary N) is 3. The maximum atomic E-state index is 13.3. The van der Waals surface area contributed by atoms with Crippen molar-refractivity contribution in [1.29, 1.82) is 0 Å². The molecule has 0 aliphatic carbocycles. The van der Waals surface area contributed by atoms with Crippen molar-refractivity contribution in [3.8, 4) is 0 Å². The van der Waals surface area contributed by atoms with E-state index < -0.39 is 60.2 Å². The SMILES string of the molecule is NC(N)=NCCCC(NC(=O)C(CCC(=O)O)NC(=O)C(N)Cc1cnc[nH]1)C(=O)N1CCCC1C(=O)O. The van der Waals surface area contributed by atoms with Gasteiger partial charge in [-0.15, -0.1) is 0 Å². The average Bonchev–Trinajstić information content (AvgIpc) is 3.55. The number of imidazole rings is 1. The second-order valence-corrected chi connectivity index (χ2v) is 8.92. The Balaban J connectivity index is 2.16. The number of guanidine groups is 1. The summed E-state index contributed by atoms with van der Waals surface area (Å²) in [5.41, 5.74) is 17.2. The van der Waals surface area contributed by atoms with E-state index in [1.54, 1.807) is 0 Å². The fourth-order valence-corrected chi connectivity index (χ4v) is 4.06. The topological polar surface area (TPSA) is 272 Å². The third kappa shape index (κ3) is 9.34. The molecule has 0 radical (unpaired) electrons. The minimum atomic E-state index is -1.31. The number of aromatic nitrogens is 2. The van der Waals surface area contributed by atoms with Gasteiger partial charge in [0.2, 0.25) is 17.7 Å². The summed E-state index contributed by atoms with van der Waals surface area (Å²) in [7, 11) is 0. The number of carboxylic acids is 2. The maximum absolute atomic E-state index is 13.3. The van der Waals surface area contributed by atoms with Crippen LogP contribution < -0.4 is 27.8 Å². The van der Waals surface area contributed by atoms with Gasteiger partial charge in [-0.05, 0) is 32.1 Å². The molecule has 1 saturated heterocycles. The molecule has 3 amide bonds. The van der Waals surface area contributed by atoms with E-state index in [1.807, 2.05) is 0 Å². The minimum absolute atomic E-state index is 0.0725. The zero-order valence-corrected chi connectivity index (χ0v) is 20.8. The fraction of sp³-hybridized carbons (Fsp3) is 0.591. The smallest absolute Gasteiger partial charge is 0.326 e. The third-order valence-corrected chi connectivity index (χ3v) is 5.99. The predicted molar refractivity (Wildman–Crippen MR) is 133 cm³/mol. The van der Waals surface area contributed by atoms with Crippen LogP contribution in [0.4, 0.5) is 0 Å². The van der Waals surface area contributed by atoms with E-state index in [1.165, 1.54) is 17.4 Å². The lowest BCUT2D eigenvalue weighted by Gasteiger charge is -2.29. The molecule has 2 heterocycles. The summed E-state index contributed by atoms with van der Waals surface area (Å²) < 4.78 is 0. The molecule has 0 saturated carbocycles. The summed E-state index contributed by atoms with van der Waals surface area (Å²) in [5.74, 6) is -4.60. The van der Waals surface area contributed by atoms with Crippen molar-refractivity contribution >= 4 is 35.6 Å². The Hall–Kier alpha value is -4.21.